The molecule has 0 bridgehead atoms. The lowest BCUT2D eigenvalue weighted by Crippen LogP contribution is -2.43. The molecule has 0 unspecified atom stereocenters. The van der Waals surface area contributed by atoms with Crippen molar-refractivity contribution in [2.24, 2.45) is 0 Å². The van der Waals surface area contributed by atoms with Crippen molar-refractivity contribution in [3.63, 3.8) is 0 Å². The van der Waals surface area contributed by atoms with Gasteiger partial charge in [0.05, 0.1) is 12.2 Å². The third-order valence-corrected chi connectivity index (χ3v) is 4.78. The van der Waals surface area contributed by atoms with Crippen LogP contribution >= 0.6 is 11.6 Å². The predicted molar refractivity (Wildman–Crippen MR) is 95.1 cm³/mol. The van der Waals surface area contributed by atoms with Crippen molar-refractivity contribution in [2.45, 2.75) is 38.8 Å². The number of rotatable bonds is 4. The van der Waals surface area contributed by atoms with E-state index in [0.717, 1.165) is 43.2 Å². The summed E-state index contributed by atoms with van der Waals surface area (Å²) in [4.78, 5) is 14.2. The zero-order valence-corrected chi connectivity index (χ0v) is 14.7. The van der Waals surface area contributed by atoms with Crippen LogP contribution in [0.25, 0.3) is 0 Å². The third kappa shape index (κ3) is 4.09. The molecule has 0 spiro atoms. The highest BCUT2D eigenvalue weighted by molar-refractivity contribution is 6.30. The van der Waals surface area contributed by atoms with Gasteiger partial charge in [0.2, 0.25) is 0 Å². The Morgan fingerprint density at radius 2 is 2.12 bits per heavy atom. The zero-order chi connectivity index (χ0) is 16.9. The van der Waals surface area contributed by atoms with Crippen molar-refractivity contribution in [1.29, 1.82) is 0 Å². The van der Waals surface area contributed by atoms with Crippen LogP contribution in [0, 0.1) is 0 Å². The van der Waals surface area contributed by atoms with Gasteiger partial charge in [-0.25, -0.2) is 4.79 Å². The van der Waals surface area contributed by atoms with Crippen LogP contribution < -0.4 is 5.32 Å². The van der Waals surface area contributed by atoms with Gasteiger partial charge in [0, 0.05) is 30.9 Å². The number of urea groups is 1. The quantitative estimate of drug-likeness (QED) is 0.918. The first-order valence-electron chi connectivity index (χ1n) is 8.46. The van der Waals surface area contributed by atoms with E-state index in [2.05, 4.69) is 16.5 Å². The Morgan fingerprint density at radius 3 is 2.79 bits per heavy atom. The standard InChI is InChI=1S/C18H23ClN4O/c1-2-23-11-8-17(21-23)13-20-18(24)22-9-6-14(7-10-22)15-4-3-5-16(19)12-15/h3-5,8,11-12,14H,2,6-7,9-10,13H2,1H3,(H,20,24). The van der Waals surface area contributed by atoms with E-state index < -0.39 is 0 Å². The van der Waals surface area contributed by atoms with Crippen LogP contribution in [0.3, 0.4) is 0 Å². The Morgan fingerprint density at radius 1 is 1.33 bits per heavy atom. The highest BCUT2D eigenvalue weighted by Crippen LogP contribution is 2.29. The molecule has 24 heavy (non-hydrogen) atoms. The predicted octanol–water partition coefficient (Wildman–Crippen LogP) is 3.65. The highest BCUT2D eigenvalue weighted by atomic mass is 35.5. The van der Waals surface area contributed by atoms with Gasteiger partial charge >= 0.3 is 6.03 Å². The maximum absolute atomic E-state index is 12.3. The molecule has 0 saturated carbocycles. The summed E-state index contributed by atoms with van der Waals surface area (Å²) in [7, 11) is 0. The lowest BCUT2D eigenvalue weighted by Gasteiger charge is -2.32. The fourth-order valence-corrected chi connectivity index (χ4v) is 3.33. The van der Waals surface area contributed by atoms with Crippen LogP contribution in [0.1, 0.15) is 36.9 Å². The van der Waals surface area contributed by atoms with Gasteiger partial charge in [-0.15, -0.1) is 0 Å². The van der Waals surface area contributed by atoms with Crippen molar-refractivity contribution in [1.82, 2.24) is 20.0 Å². The Balaban J connectivity index is 1.48. The largest absolute Gasteiger partial charge is 0.332 e. The molecule has 1 saturated heterocycles. The first-order chi connectivity index (χ1) is 11.7. The lowest BCUT2D eigenvalue weighted by molar-refractivity contribution is 0.181. The number of piperidine rings is 1. The molecule has 1 fully saturated rings. The Hall–Kier alpha value is -2.01. The summed E-state index contributed by atoms with van der Waals surface area (Å²) in [6.07, 6.45) is 3.87. The summed E-state index contributed by atoms with van der Waals surface area (Å²) in [6.45, 7) is 4.89. The van der Waals surface area contributed by atoms with Crippen LogP contribution in [0.15, 0.2) is 36.5 Å². The summed E-state index contributed by atoms with van der Waals surface area (Å²) in [5, 5.41) is 8.11. The van der Waals surface area contributed by atoms with E-state index in [1.807, 2.05) is 47.0 Å². The first-order valence-corrected chi connectivity index (χ1v) is 8.84. The van der Waals surface area contributed by atoms with E-state index in [9.17, 15) is 4.79 Å². The van der Waals surface area contributed by atoms with Crippen LogP contribution in [-0.4, -0.2) is 33.8 Å². The molecule has 5 nitrogen and oxygen atoms in total. The summed E-state index contributed by atoms with van der Waals surface area (Å²) in [5.74, 6) is 0.480. The number of hydrogen-bond donors (Lipinski definition) is 1. The molecule has 0 aliphatic carbocycles. The summed E-state index contributed by atoms with van der Waals surface area (Å²) in [5.41, 5.74) is 2.16. The van der Waals surface area contributed by atoms with Crippen molar-refractivity contribution in [2.75, 3.05) is 13.1 Å². The maximum Gasteiger partial charge on any atom is 0.317 e. The molecule has 1 N–H and O–H groups in total. The Labute approximate surface area is 147 Å². The number of nitrogens with zero attached hydrogens (tertiary/aromatic N) is 3. The summed E-state index contributed by atoms with van der Waals surface area (Å²) < 4.78 is 1.86. The number of aryl methyl sites for hydroxylation is 1. The SMILES string of the molecule is CCn1ccc(CNC(=O)N2CCC(c3cccc(Cl)c3)CC2)n1. The van der Waals surface area contributed by atoms with Gasteiger partial charge in [-0.05, 0) is 49.4 Å². The lowest BCUT2D eigenvalue weighted by atomic mass is 9.89. The third-order valence-electron chi connectivity index (χ3n) is 4.54. The van der Waals surface area contributed by atoms with Gasteiger partial charge in [0.25, 0.3) is 0 Å². The van der Waals surface area contributed by atoms with Crippen LogP contribution in [0.4, 0.5) is 4.79 Å². The Kier molecular flexibility index (Phi) is 5.41. The topological polar surface area (TPSA) is 50.2 Å². The van der Waals surface area contributed by atoms with Crippen LogP contribution in [0.5, 0.6) is 0 Å². The van der Waals surface area contributed by atoms with Gasteiger partial charge in [-0.3, -0.25) is 4.68 Å². The van der Waals surface area contributed by atoms with Gasteiger partial charge in [0.1, 0.15) is 0 Å². The van der Waals surface area contributed by atoms with E-state index in [1.54, 1.807) is 0 Å². The van der Waals surface area contributed by atoms with Crippen LogP contribution in [-0.2, 0) is 13.1 Å². The number of carbonyl (C=O) groups is 1. The molecular weight excluding hydrogens is 324 g/mol. The molecule has 2 aromatic rings. The van der Waals surface area contributed by atoms with E-state index in [1.165, 1.54) is 5.56 Å². The second-order valence-electron chi connectivity index (χ2n) is 6.14. The minimum absolute atomic E-state index is 0.00871. The van der Waals surface area contributed by atoms with Crippen molar-refractivity contribution in [3.8, 4) is 0 Å². The smallest absolute Gasteiger partial charge is 0.317 e. The molecule has 1 aliphatic heterocycles. The number of aromatic nitrogens is 2. The number of nitrogens with one attached hydrogen (secondary N) is 1. The minimum atomic E-state index is -0.00871. The van der Waals surface area contributed by atoms with E-state index in [-0.39, 0.29) is 6.03 Å². The van der Waals surface area contributed by atoms with Crippen LogP contribution in [0.2, 0.25) is 5.02 Å². The summed E-state index contributed by atoms with van der Waals surface area (Å²) >= 11 is 6.07. The van der Waals surface area contributed by atoms with Gasteiger partial charge in [-0.1, -0.05) is 23.7 Å². The fourth-order valence-electron chi connectivity index (χ4n) is 3.13. The molecule has 1 aromatic heterocycles. The number of hydrogen-bond acceptors (Lipinski definition) is 2. The first kappa shape index (κ1) is 16.8. The normalized spacial score (nSPS) is 15.5. The average molecular weight is 347 g/mol. The number of halogens is 1. The molecule has 2 heterocycles. The molecule has 3 rings (SSSR count). The maximum atomic E-state index is 12.3. The molecule has 0 radical (unpaired) electrons. The fraction of sp³-hybridized carbons (Fsp3) is 0.444. The second kappa shape index (κ2) is 7.71. The van der Waals surface area contributed by atoms with E-state index in [4.69, 9.17) is 11.6 Å². The van der Waals surface area contributed by atoms with Crippen molar-refractivity contribution in [3.05, 3.63) is 52.8 Å². The molecule has 1 aliphatic rings. The number of likely N-dealkylation sites (tertiary alicyclic amines) is 1. The monoisotopic (exact) mass is 346 g/mol. The number of carbonyl (C=O) groups excluding carboxylic acids is 1. The molecule has 2 amide bonds. The van der Waals surface area contributed by atoms with Gasteiger partial charge in [0.15, 0.2) is 0 Å². The van der Waals surface area contributed by atoms with Crippen molar-refractivity contribution >= 4 is 17.6 Å². The Bertz CT molecular complexity index is 692. The highest BCUT2D eigenvalue weighted by Gasteiger charge is 2.23. The molecule has 1 aromatic carbocycles. The average Bonchev–Trinajstić information content (AvgIpc) is 3.08. The molecule has 128 valence electrons. The zero-order valence-electron chi connectivity index (χ0n) is 13.9. The van der Waals surface area contributed by atoms with Crippen molar-refractivity contribution < 1.29 is 4.79 Å². The van der Waals surface area contributed by atoms with Gasteiger partial charge < -0.3 is 10.2 Å². The molecule has 6 heteroatoms. The summed E-state index contributed by atoms with van der Waals surface area (Å²) in [6, 6.07) is 9.97. The molecular formula is C18H23ClN4O. The second-order valence-corrected chi connectivity index (χ2v) is 6.57. The number of amides is 2. The molecule has 0 atom stereocenters. The van der Waals surface area contributed by atoms with E-state index in [0.29, 0.717) is 12.5 Å². The minimum Gasteiger partial charge on any atom is -0.332 e. The van der Waals surface area contributed by atoms with Gasteiger partial charge in [-0.2, -0.15) is 5.10 Å². The number of benzene rings is 1. The van der Waals surface area contributed by atoms with E-state index >= 15 is 0 Å².